The molecule has 1 heterocycles. The standard InChI is InChI=1S/C25H35FN2O7S2/c1-25(2,3)28-37(32,33)24-14-19(16-29)4-7-22(24)27-36(30,31)13-10-20-5-6-21(26)15-23(20)35-17-18-8-11-34-12-9-18/h4-7,14-15,18,27-29H,8-13,16-17H2,1-3H3. The molecule has 0 unspecified atom stereocenters. The highest BCUT2D eigenvalue weighted by Crippen LogP contribution is 2.27. The first-order valence-electron chi connectivity index (χ1n) is 12.1. The molecule has 3 N–H and O–H groups in total. The first-order chi connectivity index (χ1) is 17.3. The average Bonchev–Trinajstić information content (AvgIpc) is 2.81. The zero-order valence-electron chi connectivity index (χ0n) is 21.3. The molecule has 0 spiro atoms. The summed E-state index contributed by atoms with van der Waals surface area (Å²) in [7, 11) is -8.12. The zero-order chi connectivity index (χ0) is 27.3. The van der Waals surface area contributed by atoms with E-state index in [4.69, 9.17) is 9.47 Å². The number of nitrogens with one attached hydrogen (secondary N) is 2. The van der Waals surface area contributed by atoms with Gasteiger partial charge in [-0.3, -0.25) is 4.72 Å². The number of hydrogen-bond acceptors (Lipinski definition) is 7. The third-order valence-electron chi connectivity index (χ3n) is 5.71. The van der Waals surface area contributed by atoms with Gasteiger partial charge in [-0.25, -0.2) is 25.9 Å². The van der Waals surface area contributed by atoms with Crippen molar-refractivity contribution in [2.45, 2.75) is 57.1 Å². The number of benzene rings is 2. The molecule has 1 aliphatic rings. The van der Waals surface area contributed by atoms with Gasteiger partial charge in [-0.1, -0.05) is 12.1 Å². The summed E-state index contributed by atoms with van der Waals surface area (Å²) >= 11 is 0. The molecule has 2 aromatic rings. The van der Waals surface area contributed by atoms with Crippen LogP contribution in [0.4, 0.5) is 10.1 Å². The lowest BCUT2D eigenvalue weighted by Gasteiger charge is -2.23. The summed E-state index contributed by atoms with van der Waals surface area (Å²) in [4.78, 5) is -0.292. The summed E-state index contributed by atoms with van der Waals surface area (Å²) in [5.41, 5.74) is -0.107. The lowest BCUT2D eigenvalue weighted by atomic mass is 10.0. The van der Waals surface area contributed by atoms with E-state index in [1.165, 1.54) is 36.4 Å². The Morgan fingerprint density at radius 3 is 2.43 bits per heavy atom. The van der Waals surface area contributed by atoms with Crippen LogP contribution in [0.25, 0.3) is 0 Å². The van der Waals surface area contributed by atoms with Crippen LogP contribution in [0, 0.1) is 11.7 Å². The van der Waals surface area contributed by atoms with E-state index < -0.39 is 38.0 Å². The summed E-state index contributed by atoms with van der Waals surface area (Å²) in [5, 5.41) is 9.47. The summed E-state index contributed by atoms with van der Waals surface area (Å²) in [6.07, 6.45) is 1.70. The number of halogens is 1. The highest BCUT2D eigenvalue weighted by atomic mass is 32.2. The Balaban J connectivity index is 1.77. The number of aliphatic hydroxyl groups excluding tert-OH is 1. The molecule has 0 atom stereocenters. The van der Waals surface area contributed by atoms with Crippen LogP contribution in [0.1, 0.15) is 44.7 Å². The second-order valence-corrected chi connectivity index (χ2v) is 13.6. The normalized spacial score (nSPS) is 15.5. The molecule has 37 heavy (non-hydrogen) atoms. The first-order valence-corrected chi connectivity index (χ1v) is 15.2. The van der Waals surface area contributed by atoms with Crippen LogP contribution in [-0.2, 0) is 37.8 Å². The van der Waals surface area contributed by atoms with Gasteiger partial charge in [0.15, 0.2) is 0 Å². The fourth-order valence-corrected chi connectivity index (χ4v) is 6.68. The minimum absolute atomic E-state index is 0.0236. The smallest absolute Gasteiger partial charge is 0.243 e. The minimum Gasteiger partial charge on any atom is -0.493 e. The molecule has 3 rings (SSSR count). The third kappa shape index (κ3) is 8.92. The predicted molar refractivity (Wildman–Crippen MR) is 139 cm³/mol. The third-order valence-corrected chi connectivity index (χ3v) is 8.78. The molecule has 0 saturated carbocycles. The summed E-state index contributed by atoms with van der Waals surface area (Å²) < 4.78 is 81.9. The van der Waals surface area contributed by atoms with E-state index in [9.17, 15) is 26.3 Å². The molecule has 206 valence electrons. The van der Waals surface area contributed by atoms with E-state index >= 15 is 0 Å². The number of anilines is 1. The van der Waals surface area contributed by atoms with Gasteiger partial charge in [-0.2, -0.15) is 0 Å². The quantitative estimate of drug-likeness (QED) is 0.386. The van der Waals surface area contributed by atoms with Crippen molar-refractivity contribution in [3.63, 3.8) is 0 Å². The Hall–Kier alpha value is -2.25. The summed E-state index contributed by atoms with van der Waals surface area (Å²) in [5.74, 6) is -0.317. The number of sulfonamides is 2. The Morgan fingerprint density at radius 2 is 1.78 bits per heavy atom. The highest BCUT2D eigenvalue weighted by Gasteiger charge is 2.27. The summed E-state index contributed by atoms with van der Waals surface area (Å²) in [6, 6.07) is 7.95. The average molecular weight is 559 g/mol. The fraction of sp³-hybridized carbons (Fsp3) is 0.520. The van der Waals surface area contributed by atoms with Crippen molar-refractivity contribution in [2.75, 3.05) is 30.3 Å². The Morgan fingerprint density at radius 1 is 1.08 bits per heavy atom. The zero-order valence-corrected chi connectivity index (χ0v) is 22.9. The van der Waals surface area contributed by atoms with Crippen molar-refractivity contribution >= 4 is 25.7 Å². The maximum Gasteiger partial charge on any atom is 0.243 e. The van der Waals surface area contributed by atoms with E-state index in [0.717, 1.165) is 12.8 Å². The van der Waals surface area contributed by atoms with Crippen LogP contribution in [0.2, 0.25) is 0 Å². The lowest BCUT2D eigenvalue weighted by Crippen LogP contribution is -2.40. The predicted octanol–water partition coefficient (Wildman–Crippen LogP) is 3.18. The van der Waals surface area contributed by atoms with Crippen LogP contribution in [0.3, 0.4) is 0 Å². The van der Waals surface area contributed by atoms with Crippen molar-refractivity contribution in [2.24, 2.45) is 5.92 Å². The minimum atomic E-state index is -4.11. The van der Waals surface area contributed by atoms with Gasteiger partial charge in [0.25, 0.3) is 0 Å². The maximum absolute atomic E-state index is 13.9. The number of ether oxygens (including phenoxy) is 2. The molecule has 0 radical (unpaired) electrons. The van der Waals surface area contributed by atoms with Crippen molar-refractivity contribution in [1.29, 1.82) is 0 Å². The maximum atomic E-state index is 13.9. The summed E-state index contributed by atoms with van der Waals surface area (Å²) in [6.45, 7) is 6.25. The topological polar surface area (TPSA) is 131 Å². The number of aliphatic hydroxyl groups is 1. The number of rotatable bonds is 11. The van der Waals surface area contributed by atoms with Crippen LogP contribution in [0.5, 0.6) is 5.75 Å². The number of hydrogen-bond donors (Lipinski definition) is 3. The second kappa shape index (κ2) is 12.1. The van der Waals surface area contributed by atoms with Crippen molar-refractivity contribution < 1.29 is 35.8 Å². The molecule has 0 aliphatic carbocycles. The molecule has 12 heteroatoms. The largest absolute Gasteiger partial charge is 0.493 e. The molecule has 0 bridgehead atoms. The van der Waals surface area contributed by atoms with E-state index in [1.807, 2.05) is 0 Å². The molecule has 1 aliphatic heterocycles. The molecule has 1 fully saturated rings. The van der Waals surface area contributed by atoms with Gasteiger partial charge in [0.05, 0.1) is 24.7 Å². The van der Waals surface area contributed by atoms with Crippen molar-refractivity contribution in [1.82, 2.24) is 4.72 Å². The van der Waals surface area contributed by atoms with Crippen molar-refractivity contribution in [3.05, 3.63) is 53.3 Å². The van der Waals surface area contributed by atoms with E-state index in [0.29, 0.717) is 30.9 Å². The monoisotopic (exact) mass is 558 g/mol. The van der Waals surface area contributed by atoms with E-state index in [-0.39, 0.29) is 34.4 Å². The Bertz CT molecular complexity index is 1290. The molecule has 0 aromatic heterocycles. The van der Waals surface area contributed by atoms with Crippen LogP contribution >= 0.6 is 0 Å². The van der Waals surface area contributed by atoms with Crippen LogP contribution in [0.15, 0.2) is 41.3 Å². The van der Waals surface area contributed by atoms with Crippen molar-refractivity contribution in [3.8, 4) is 5.75 Å². The van der Waals surface area contributed by atoms with E-state index in [2.05, 4.69) is 9.44 Å². The molecular weight excluding hydrogens is 523 g/mol. The van der Waals surface area contributed by atoms with Gasteiger partial charge in [0, 0.05) is 24.8 Å². The molecule has 2 aromatic carbocycles. The Kier molecular flexibility index (Phi) is 9.57. The molecule has 1 saturated heterocycles. The second-order valence-electron chi connectivity index (χ2n) is 10.1. The van der Waals surface area contributed by atoms with Gasteiger partial charge < -0.3 is 14.6 Å². The number of aryl methyl sites for hydroxylation is 1. The lowest BCUT2D eigenvalue weighted by molar-refractivity contribution is 0.0496. The van der Waals surface area contributed by atoms with Gasteiger partial charge in [-0.05, 0) is 75.3 Å². The highest BCUT2D eigenvalue weighted by molar-refractivity contribution is 7.93. The van der Waals surface area contributed by atoms with Gasteiger partial charge in [-0.15, -0.1) is 0 Å². The van der Waals surface area contributed by atoms with Gasteiger partial charge in [0.2, 0.25) is 20.0 Å². The van der Waals surface area contributed by atoms with Gasteiger partial charge in [0.1, 0.15) is 16.5 Å². The molecular formula is C25H35FN2O7S2. The van der Waals surface area contributed by atoms with E-state index in [1.54, 1.807) is 20.8 Å². The fourth-order valence-electron chi connectivity index (χ4n) is 3.88. The molecule has 9 nitrogen and oxygen atoms in total. The first kappa shape index (κ1) is 29.3. The molecule has 0 amide bonds. The van der Waals surface area contributed by atoms with Crippen LogP contribution in [-0.4, -0.2) is 53.1 Å². The Labute approximate surface area is 218 Å². The van der Waals surface area contributed by atoms with Crippen LogP contribution < -0.4 is 14.2 Å². The SMILES string of the molecule is CC(C)(C)NS(=O)(=O)c1cc(CO)ccc1NS(=O)(=O)CCc1ccc(F)cc1OCC1CCOCC1. The van der Waals surface area contributed by atoms with Gasteiger partial charge >= 0.3 is 0 Å².